The SMILES string of the molecule is Cl.O=C(Cn1ccc(C(F)(F)F)n1)N1CCNCC1c1ccccc1Cl. The van der Waals surface area contributed by atoms with E-state index in [1.54, 1.807) is 17.0 Å². The number of nitrogens with one attached hydrogen (secondary N) is 1. The molecule has 1 atom stereocenters. The summed E-state index contributed by atoms with van der Waals surface area (Å²) in [7, 11) is 0. The molecule has 1 aliphatic rings. The number of rotatable bonds is 3. The van der Waals surface area contributed by atoms with E-state index in [-0.39, 0.29) is 30.9 Å². The van der Waals surface area contributed by atoms with Gasteiger partial charge in [-0.2, -0.15) is 18.3 Å². The summed E-state index contributed by atoms with van der Waals surface area (Å²) in [6.07, 6.45) is -3.36. The quantitative estimate of drug-likeness (QED) is 0.848. The van der Waals surface area contributed by atoms with Crippen LogP contribution in [0.4, 0.5) is 13.2 Å². The molecule has 0 saturated carbocycles. The van der Waals surface area contributed by atoms with Crippen molar-refractivity contribution in [2.24, 2.45) is 0 Å². The van der Waals surface area contributed by atoms with Gasteiger partial charge in [-0.1, -0.05) is 29.8 Å². The van der Waals surface area contributed by atoms with Gasteiger partial charge in [0.2, 0.25) is 5.91 Å². The minimum atomic E-state index is -4.52. The zero-order chi connectivity index (χ0) is 18.0. The second-order valence-electron chi connectivity index (χ2n) is 5.72. The van der Waals surface area contributed by atoms with Crippen LogP contribution in [-0.2, 0) is 17.5 Å². The second-order valence-corrected chi connectivity index (χ2v) is 6.13. The molecule has 5 nitrogen and oxygen atoms in total. The van der Waals surface area contributed by atoms with Crippen LogP contribution in [0.15, 0.2) is 36.5 Å². The fourth-order valence-corrected chi connectivity index (χ4v) is 3.12. The average Bonchev–Trinajstić information content (AvgIpc) is 3.04. The Morgan fingerprint density at radius 2 is 2.04 bits per heavy atom. The first-order valence-corrected chi connectivity index (χ1v) is 8.09. The fourth-order valence-electron chi connectivity index (χ4n) is 2.86. The lowest BCUT2D eigenvalue weighted by molar-refractivity contribution is -0.142. The predicted octanol–water partition coefficient (Wildman–Crippen LogP) is 3.15. The number of hydrogen-bond acceptors (Lipinski definition) is 3. The monoisotopic (exact) mass is 408 g/mol. The van der Waals surface area contributed by atoms with Gasteiger partial charge >= 0.3 is 6.18 Å². The molecule has 0 bridgehead atoms. The van der Waals surface area contributed by atoms with E-state index < -0.39 is 11.9 Å². The minimum absolute atomic E-state index is 0. The van der Waals surface area contributed by atoms with Crippen molar-refractivity contribution in [1.29, 1.82) is 0 Å². The van der Waals surface area contributed by atoms with Gasteiger partial charge in [0.15, 0.2) is 5.69 Å². The molecule has 1 N–H and O–H groups in total. The molecule has 2 heterocycles. The topological polar surface area (TPSA) is 50.2 Å². The van der Waals surface area contributed by atoms with Gasteiger partial charge in [0.1, 0.15) is 6.54 Å². The summed E-state index contributed by atoms with van der Waals surface area (Å²) >= 11 is 6.23. The molecule has 0 spiro atoms. The van der Waals surface area contributed by atoms with Gasteiger partial charge in [-0.15, -0.1) is 12.4 Å². The number of benzene rings is 1. The maximum absolute atomic E-state index is 12.6. The third-order valence-corrected chi connectivity index (χ3v) is 4.40. The Balaban J connectivity index is 0.00000243. The number of piperazine rings is 1. The van der Waals surface area contributed by atoms with E-state index in [0.717, 1.165) is 22.5 Å². The molecule has 10 heteroatoms. The summed E-state index contributed by atoms with van der Waals surface area (Å²) in [6, 6.07) is 7.81. The molecule has 0 radical (unpaired) electrons. The summed E-state index contributed by atoms with van der Waals surface area (Å²) in [5, 5.41) is 7.19. The third-order valence-electron chi connectivity index (χ3n) is 4.06. The smallest absolute Gasteiger partial charge is 0.331 e. The van der Waals surface area contributed by atoms with Crippen LogP contribution in [0.3, 0.4) is 0 Å². The Kier molecular flexibility index (Phi) is 6.54. The standard InChI is InChI=1S/C16H16ClF3N4O.ClH/c17-12-4-2-1-3-11(12)13-9-21-6-8-24(13)15(25)10-23-7-5-14(22-23)16(18,19)20;/h1-5,7,13,21H,6,8-10H2;1H. The predicted molar refractivity (Wildman–Crippen MR) is 93.3 cm³/mol. The molecule has 1 aliphatic heterocycles. The normalized spacial score (nSPS) is 17.7. The summed E-state index contributed by atoms with van der Waals surface area (Å²) in [6.45, 7) is 1.33. The van der Waals surface area contributed by atoms with E-state index >= 15 is 0 Å². The number of aromatic nitrogens is 2. The van der Waals surface area contributed by atoms with Crippen LogP contribution < -0.4 is 5.32 Å². The highest BCUT2D eigenvalue weighted by Crippen LogP contribution is 2.29. The van der Waals surface area contributed by atoms with Gasteiger partial charge in [-0.25, -0.2) is 0 Å². The number of amides is 1. The number of carbonyl (C=O) groups excluding carboxylic acids is 1. The van der Waals surface area contributed by atoms with Crippen molar-refractivity contribution in [3.63, 3.8) is 0 Å². The highest BCUT2D eigenvalue weighted by Gasteiger charge is 2.34. The molecule has 142 valence electrons. The van der Waals surface area contributed by atoms with Gasteiger partial charge in [0.25, 0.3) is 0 Å². The van der Waals surface area contributed by atoms with Crippen molar-refractivity contribution in [2.45, 2.75) is 18.8 Å². The molecule has 1 fully saturated rings. The van der Waals surface area contributed by atoms with E-state index in [2.05, 4.69) is 10.4 Å². The Labute approximate surface area is 159 Å². The number of hydrogen-bond donors (Lipinski definition) is 1. The van der Waals surface area contributed by atoms with Gasteiger partial charge in [-0.3, -0.25) is 9.48 Å². The molecular weight excluding hydrogens is 392 g/mol. The van der Waals surface area contributed by atoms with Crippen LogP contribution in [0.2, 0.25) is 5.02 Å². The van der Waals surface area contributed by atoms with Gasteiger partial charge < -0.3 is 10.2 Å². The maximum atomic E-state index is 12.6. The summed E-state index contributed by atoms with van der Waals surface area (Å²) < 4.78 is 38.9. The lowest BCUT2D eigenvalue weighted by atomic mass is 10.0. The van der Waals surface area contributed by atoms with Crippen molar-refractivity contribution in [3.8, 4) is 0 Å². The largest absolute Gasteiger partial charge is 0.435 e. The van der Waals surface area contributed by atoms with Crippen molar-refractivity contribution in [2.75, 3.05) is 19.6 Å². The number of carbonyl (C=O) groups is 1. The Morgan fingerprint density at radius 1 is 1.31 bits per heavy atom. The van der Waals surface area contributed by atoms with E-state index in [1.807, 2.05) is 12.1 Å². The van der Waals surface area contributed by atoms with E-state index in [1.165, 1.54) is 0 Å². The summed E-state index contributed by atoms with van der Waals surface area (Å²) in [4.78, 5) is 14.3. The Bertz CT molecular complexity index is 766. The highest BCUT2D eigenvalue weighted by atomic mass is 35.5. The molecule has 1 unspecified atom stereocenters. The first-order valence-electron chi connectivity index (χ1n) is 7.71. The lowest BCUT2D eigenvalue weighted by Crippen LogP contribution is -2.49. The van der Waals surface area contributed by atoms with Gasteiger partial charge in [-0.05, 0) is 17.7 Å². The van der Waals surface area contributed by atoms with Crippen LogP contribution in [0.1, 0.15) is 17.3 Å². The Morgan fingerprint density at radius 3 is 2.69 bits per heavy atom. The maximum Gasteiger partial charge on any atom is 0.435 e. The Hall–Kier alpha value is -1.77. The molecule has 3 rings (SSSR count). The fraction of sp³-hybridized carbons (Fsp3) is 0.375. The molecule has 0 aliphatic carbocycles. The van der Waals surface area contributed by atoms with Crippen molar-refractivity contribution >= 4 is 29.9 Å². The summed E-state index contributed by atoms with van der Waals surface area (Å²) in [5.74, 6) is -0.303. The van der Waals surface area contributed by atoms with Crippen LogP contribution in [0, 0.1) is 0 Å². The molecule has 1 aromatic carbocycles. The zero-order valence-electron chi connectivity index (χ0n) is 13.5. The highest BCUT2D eigenvalue weighted by molar-refractivity contribution is 6.31. The van der Waals surface area contributed by atoms with Crippen LogP contribution in [0.5, 0.6) is 0 Å². The third kappa shape index (κ3) is 4.49. The van der Waals surface area contributed by atoms with Crippen LogP contribution in [-0.4, -0.2) is 40.2 Å². The van der Waals surface area contributed by atoms with Gasteiger partial charge in [0, 0.05) is 30.9 Å². The van der Waals surface area contributed by atoms with E-state index in [4.69, 9.17) is 11.6 Å². The average molecular weight is 409 g/mol. The molecule has 1 saturated heterocycles. The number of nitrogens with zero attached hydrogens (tertiary/aromatic N) is 3. The molecular formula is C16H17Cl2F3N4O. The van der Waals surface area contributed by atoms with Crippen LogP contribution in [0.25, 0.3) is 0 Å². The minimum Gasteiger partial charge on any atom is -0.331 e. The molecule has 1 aromatic heterocycles. The van der Waals surface area contributed by atoms with Crippen LogP contribution >= 0.6 is 24.0 Å². The molecule has 26 heavy (non-hydrogen) atoms. The summed E-state index contributed by atoms with van der Waals surface area (Å²) in [5.41, 5.74) is -0.204. The lowest BCUT2D eigenvalue weighted by Gasteiger charge is -2.37. The van der Waals surface area contributed by atoms with Crippen molar-refractivity contribution < 1.29 is 18.0 Å². The van der Waals surface area contributed by atoms with Gasteiger partial charge in [0.05, 0.1) is 6.04 Å². The van der Waals surface area contributed by atoms with E-state index in [0.29, 0.717) is 24.7 Å². The number of halogens is 5. The second kappa shape index (κ2) is 8.28. The molecule has 2 aromatic rings. The first-order chi connectivity index (χ1) is 11.9. The van der Waals surface area contributed by atoms with Crippen molar-refractivity contribution in [1.82, 2.24) is 20.0 Å². The van der Waals surface area contributed by atoms with Crippen molar-refractivity contribution in [3.05, 3.63) is 52.8 Å². The zero-order valence-corrected chi connectivity index (χ0v) is 15.1. The van der Waals surface area contributed by atoms with E-state index in [9.17, 15) is 18.0 Å². The number of alkyl halides is 3. The molecule has 1 amide bonds. The first kappa shape index (κ1) is 20.5.